The van der Waals surface area contributed by atoms with Crippen LogP contribution in [0.15, 0.2) is 18.2 Å². The highest BCUT2D eigenvalue weighted by molar-refractivity contribution is 6.36. The number of carbonyl (C=O) groups is 1. The van der Waals surface area contributed by atoms with Crippen LogP contribution in [0.5, 0.6) is 0 Å². The van der Waals surface area contributed by atoms with E-state index in [1.54, 1.807) is 17.9 Å². The molecule has 0 aliphatic carbocycles. The Morgan fingerprint density at radius 1 is 1.35 bits per heavy atom. The Labute approximate surface area is 159 Å². The summed E-state index contributed by atoms with van der Waals surface area (Å²) < 4.78 is 6.58. The molecule has 0 amide bonds. The molecule has 3 rings (SSSR count). The molecule has 1 aliphatic heterocycles. The molecule has 8 nitrogen and oxygen atoms in total. The van der Waals surface area contributed by atoms with Gasteiger partial charge in [-0.1, -0.05) is 23.2 Å². The van der Waals surface area contributed by atoms with Gasteiger partial charge in [-0.3, -0.25) is 4.79 Å². The molecule has 0 atom stereocenters. The molecule has 2 heterocycles. The molecular weight excluding hydrogens is 383 g/mol. The Balaban J connectivity index is 1.95. The second kappa shape index (κ2) is 7.61. The topological polar surface area (TPSA) is 90.5 Å². The van der Waals surface area contributed by atoms with Crippen LogP contribution in [-0.2, 0) is 11.3 Å². The minimum atomic E-state index is -0.512. The van der Waals surface area contributed by atoms with Crippen molar-refractivity contribution >= 4 is 40.6 Å². The van der Waals surface area contributed by atoms with Gasteiger partial charge in [-0.15, -0.1) is 0 Å². The molecule has 10 heteroatoms. The van der Waals surface area contributed by atoms with Crippen LogP contribution in [0.2, 0.25) is 10.0 Å². The van der Waals surface area contributed by atoms with Gasteiger partial charge >= 0.3 is 5.82 Å². The Hall–Kier alpha value is -2.16. The van der Waals surface area contributed by atoms with E-state index < -0.39 is 4.92 Å². The predicted octanol–water partition coefficient (Wildman–Crippen LogP) is 3.13. The first-order valence-electron chi connectivity index (χ1n) is 7.91. The molecule has 1 saturated heterocycles. The minimum absolute atomic E-state index is 0.205. The molecule has 0 bridgehead atoms. The monoisotopic (exact) mass is 398 g/mol. The van der Waals surface area contributed by atoms with Crippen LogP contribution in [0.4, 0.5) is 11.6 Å². The molecule has 26 heavy (non-hydrogen) atoms. The van der Waals surface area contributed by atoms with Crippen LogP contribution in [0.3, 0.4) is 0 Å². The average molecular weight is 399 g/mol. The van der Waals surface area contributed by atoms with E-state index in [0.29, 0.717) is 37.2 Å². The van der Waals surface area contributed by atoms with Crippen LogP contribution in [-0.4, -0.2) is 46.6 Å². The number of rotatable bonds is 5. The number of carbonyl (C=O) groups excluding carboxylic acids is 1. The number of aryl methyl sites for hydroxylation is 1. The van der Waals surface area contributed by atoms with Gasteiger partial charge in [0.2, 0.25) is 11.6 Å². The summed E-state index contributed by atoms with van der Waals surface area (Å²) in [6.45, 7) is 3.36. The summed E-state index contributed by atoms with van der Waals surface area (Å²) in [5.74, 6) is 0.0778. The normalized spacial score (nSPS) is 14.5. The van der Waals surface area contributed by atoms with Crippen molar-refractivity contribution in [3.63, 3.8) is 0 Å². The van der Waals surface area contributed by atoms with Crippen LogP contribution >= 0.6 is 23.2 Å². The van der Waals surface area contributed by atoms with Gasteiger partial charge in [-0.2, -0.15) is 4.98 Å². The third-order valence-corrected chi connectivity index (χ3v) is 4.68. The van der Waals surface area contributed by atoms with Gasteiger partial charge in [0.25, 0.3) is 0 Å². The molecule has 1 aromatic heterocycles. The lowest BCUT2D eigenvalue weighted by Crippen LogP contribution is -2.36. The molecule has 0 radical (unpaired) electrons. The lowest BCUT2D eigenvalue weighted by molar-refractivity contribution is -0.391. The maximum atomic E-state index is 12.6. The van der Waals surface area contributed by atoms with Gasteiger partial charge in [0.05, 0.1) is 18.2 Å². The van der Waals surface area contributed by atoms with Gasteiger partial charge < -0.3 is 19.8 Å². The van der Waals surface area contributed by atoms with E-state index in [2.05, 4.69) is 4.98 Å². The number of hydrogen-bond acceptors (Lipinski definition) is 6. The summed E-state index contributed by atoms with van der Waals surface area (Å²) in [4.78, 5) is 29.9. The summed E-state index contributed by atoms with van der Waals surface area (Å²) in [6.07, 6.45) is 0. The molecule has 0 saturated carbocycles. The maximum absolute atomic E-state index is 12.6. The van der Waals surface area contributed by atoms with E-state index in [0.717, 1.165) is 0 Å². The van der Waals surface area contributed by atoms with Crippen molar-refractivity contribution in [1.29, 1.82) is 0 Å². The van der Waals surface area contributed by atoms with Gasteiger partial charge in [-0.25, -0.2) is 4.57 Å². The molecule has 1 aromatic carbocycles. The largest absolute Gasteiger partial charge is 0.378 e. The quantitative estimate of drug-likeness (QED) is 0.436. The van der Waals surface area contributed by atoms with Gasteiger partial charge in [0.15, 0.2) is 12.4 Å². The highest BCUT2D eigenvalue weighted by Crippen LogP contribution is 2.30. The number of hydrogen-bond donors (Lipinski definition) is 0. The lowest BCUT2D eigenvalue weighted by atomic mass is 10.1. The first-order chi connectivity index (χ1) is 12.4. The third kappa shape index (κ3) is 3.67. The fraction of sp³-hybridized carbons (Fsp3) is 0.375. The molecule has 0 N–H and O–H groups in total. The zero-order valence-electron chi connectivity index (χ0n) is 13.9. The molecule has 1 aliphatic rings. The smallest absolute Gasteiger partial charge is 0.367 e. The average Bonchev–Trinajstić information content (AvgIpc) is 2.92. The van der Waals surface area contributed by atoms with E-state index in [1.165, 1.54) is 16.7 Å². The highest BCUT2D eigenvalue weighted by atomic mass is 35.5. The summed E-state index contributed by atoms with van der Waals surface area (Å²) >= 11 is 11.9. The van der Waals surface area contributed by atoms with Crippen LogP contribution in [0, 0.1) is 17.0 Å². The minimum Gasteiger partial charge on any atom is -0.378 e. The summed E-state index contributed by atoms with van der Waals surface area (Å²) in [7, 11) is 0. The molecule has 138 valence electrons. The number of ether oxygens (including phenoxy) is 1. The van der Waals surface area contributed by atoms with E-state index in [9.17, 15) is 14.9 Å². The summed E-state index contributed by atoms with van der Waals surface area (Å²) in [5, 5.41) is 12.3. The van der Waals surface area contributed by atoms with E-state index in [4.69, 9.17) is 27.9 Å². The van der Waals surface area contributed by atoms with Gasteiger partial charge in [-0.05, 0) is 23.1 Å². The van der Waals surface area contributed by atoms with E-state index >= 15 is 0 Å². The van der Waals surface area contributed by atoms with E-state index in [1.807, 2.05) is 0 Å². The van der Waals surface area contributed by atoms with Crippen LogP contribution in [0.25, 0.3) is 0 Å². The zero-order chi connectivity index (χ0) is 18.8. The number of morpholine rings is 1. The molecule has 2 aromatic rings. The molecule has 1 fully saturated rings. The Kier molecular flexibility index (Phi) is 5.45. The van der Waals surface area contributed by atoms with Crippen molar-refractivity contribution < 1.29 is 14.5 Å². The second-order valence-electron chi connectivity index (χ2n) is 5.80. The number of ketones is 1. The van der Waals surface area contributed by atoms with Crippen molar-refractivity contribution in [2.24, 2.45) is 0 Å². The number of nitro groups is 1. The Bertz CT molecular complexity index is 862. The molecule has 0 spiro atoms. The maximum Gasteiger partial charge on any atom is 0.367 e. The number of imidazole rings is 1. The van der Waals surface area contributed by atoms with Crippen LogP contribution in [0.1, 0.15) is 16.2 Å². The molecule has 0 unspecified atom stereocenters. The van der Waals surface area contributed by atoms with Crippen molar-refractivity contribution in [1.82, 2.24) is 9.55 Å². The third-order valence-electron chi connectivity index (χ3n) is 4.13. The number of nitrogens with zero attached hydrogens (tertiary/aromatic N) is 4. The van der Waals surface area contributed by atoms with Crippen molar-refractivity contribution in [3.05, 3.63) is 49.7 Å². The Morgan fingerprint density at radius 3 is 2.65 bits per heavy atom. The standard InChI is InChI=1S/C16H16Cl2N4O4/c1-10-19-15(20-4-6-26-7-5-20)16(22(24)25)21(10)9-14(23)12-3-2-11(17)8-13(12)18/h2-3,8H,4-7,9H2,1H3. The first-order valence-corrected chi connectivity index (χ1v) is 8.66. The van der Waals surface area contributed by atoms with E-state index in [-0.39, 0.29) is 34.5 Å². The Morgan fingerprint density at radius 2 is 2.04 bits per heavy atom. The summed E-state index contributed by atoms with van der Waals surface area (Å²) in [6, 6.07) is 4.52. The number of benzene rings is 1. The van der Waals surface area contributed by atoms with Gasteiger partial charge in [0.1, 0.15) is 0 Å². The first kappa shape index (κ1) is 18.6. The number of Topliss-reactive ketones (excluding diaryl/α,β-unsaturated/α-hetero) is 1. The van der Waals surface area contributed by atoms with Crippen molar-refractivity contribution in [2.75, 3.05) is 31.2 Å². The second-order valence-corrected chi connectivity index (χ2v) is 6.64. The van der Waals surface area contributed by atoms with Crippen molar-refractivity contribution in [2.45, 2.75) is 13.5 Å². The number of halogens is 2. The zero-order valence-corrected chi connectivity index (χ0v) is 15.5. The van der Waals surface area contributed by atoms with Gasteiger partial charge in [0, 0.05) is 30.6 Å². The predicted molar refractivity (Wildman–Crippen MR) is 97.4 cm³/mol. The number of anilines is 1. The SMILES string of the molecule is Cc1nc(N2CCOCC2)c([N+](=O)[O-])n1CC(=O)c1ccc(Cl)cc1Cl. The fourth-order valence-electron chi connectivity index (χ4n) is 2.84. The highest BCUT2D eigenvalue weighted by Gasteiger charge is 2.31. The summed E-state index contributed by atoms with van der Waals surface area (Å²) in [5.41, 5.74) is 0.256. The van der Waals surface area contributed by atoms with Crippen LogP contribution < -0.4 is 4.90 Å². The lowest BCUT2D eigenvalue weighted by Gasteiger charge is -2.26. The van der Waals surface area contributed by atoms with Crippen molar-refractivity contribution in [3.8, 4) is 0 Å². The number of aromatic nitrogens is 2. The molecular formula is C16H16Cl2N4O4. The fourth-order valence-corrected chi connectivity index (χ4v) is 3.35.